The van der Waals surface area contributed by atoms with E-state index in [-0.39, 0.29) is 35.3 Å². The normalized spacial score (nSPS) is 11.0. The Hall–Kier alpha value is -2.91. The van der Waals surface area contributed by atoms with Gasteiger partial charge < -0.3 is 15.4 Å². The van der Waals surface area contributed by atoms with Gasteiger partial charge in [0.2, 0.25) is 15.9 Å². The zero-order chi connectivity index (χ0) is 20.7. The molecular formula is C19H23N3O5S. The van der Waals surface area contributed by atoms with E-state index < -0.39 is 15.9 Å². The van der Waals surface area contributed by atoms with Crippen LogP contribution in [0.2, 0.25) is 0 Å². The number of nitrogens with one attached hydrogen (secondary N) is 3. The summed E-state index contributed by atoms with van der Waals surface area (Å²) in [5.41, 5.74) is 1.15. The third-order valence-electron chi connectivity index (χ3n) is 3.57. The molecule has 28 heavy (non-hydrogen) atoms. The van der Waals surface area contributed by atoms with E-state index in [1.807, 2.05) is 0 Å². The number of benzene rings is 2. The first-order valence-corrected chi connectivity index (χ1v) is 10.2. The summed E-state index contributed by atoms with van der Waals surface area (Å²) in [5, 5.41) is 5.32. The molecule has 0 radical (unpaired) electrons. The third-order valence-corrected chi connectivity index (χ3v) is 5.14. The van der Waals surface area contributed by atoms with Gasteiger partial charge >= 0.3 is 0 Å². The zero-order valence-electron chi connectivity index (χ0n) is 15.9. The van der Waals surface area contributed by atoms with Gasteiger partial charge in [-0.1, -0.05) is 13.0 Å². The molecule has 2 rings (SSSR count). The van der Waals surface area contributed by atoms with Gasteiger partial charge in [-0.05, 0) is 43.3 Å². The van der Waals surface area contributed by atoms with Gasteiger partial charge in [0.05, 0.1) is 6.61 Å². The van der Waals surface area contributed by atoms with Gasteiger partial charge in [0.15, 0.2) is 0 Å². The molecule has 2 aromatic rings. The lowest BCUT2D eigenvalue weighted by Crippen LogP contribution is -2.24. The predicted octanol–water partition coefficient (Wildman–Crippen LogP) is 2.59. The van der Waals surface area contributed by atoms with Crippen molar-refractivity contribution in [2.45, 2.75) is 25.7 Å². The summed E-state index contributed by atoms with van der Waals surface area (Å²) >= 11 is 0. The average Bonchev–Trinajstić information content (AvgIpc) is 2.61. The van der Waals surface area contributed by atoms with E-state index in [9.17, 15) is 18.0 Å². The first kappa shape index (κ1) is 21.4. The molecule has 0 fully saturated rings. The molecule has 0 aliphatic carbocycles. The lowest BCUT2D eigenvalue weighted by Gasteiger charge is -2.13. The Morgan fingerprint density at radius 1 is 1.00 bits per heavy atom. The Morgan fingerprint density at radius 2 is 1.68 bits per heavy atom. The van der Waals surface area contributed by atoms with Crippen LogP contribution in [0.5, 0.6) is 5.75 Å². The molecule has 0 bridgehead atoms. The number of rotatable bonds is 8. The van der Waals surface area contributed by atoms with Crippen LogP contribution in [0.4, 0.5) is 11.4 Å². The summed E-state index contributed by atoms with van der Waals surface area (Å²) < 4.78 is 32.7. The van der Waals surface area contributed by atoms with Gasteiger partial charge in [-0.3, -0.25) is 9.59 Å². The van der Waals surface area contributed by atoms with Crippen LogP contribution in [-0.4, -0.2) is 33.4 Å². The van der Waals surface area contributed by atoms with Gasteiger partial charge in [-0.15, -0.1) is 0 Å². The molecular weight excluding hydrogens is 382 g/mol. The molecule has 8 nitrogen and oxygen atoms in total. The minimum absolute atomic E-state index is 0.101. The highest BCUT2D eigenvalue weighted by molar-refractivity contribution is 7.89. The molecule has 0 spiro atoms. The summed E-state index contributed by atoms with van der Waals surface area (Å²) in [6.07, 6.45) is 0. The summed E-state index contributed by atoms with van der Waals surface area (Å²) in [6, 6.07) is 10.8. The van der Waals surface area contributed by atoms with Gasteiger partial charge in [-0.25, -0.2) is 13.1 Å². The molecule has 0 aliphatic rings. The van der Waals surface area contributed by atoms with Crippen molar-refractivity contribution in [2.75, 3.05) is 23.8 Å². The molecule has 2 aromatic carbocycles. The van der Waals surface area contributed by atoms with Gasteiger partial charge in [0.25, 0.3) is 5.91 Å². The second-order valence-electron chi connectivity index (χ2n) is 5.81. The minimum Gasteiger partial charge on any atom is -0.492 e. The number of hydrogen-bond donors (Lipinski definition) is 3. The lowest BCUT2D eigenvalue weighted by molar-refractivity contribution is -0.114. The first-order chi connectivity index (χ1) is 13.3. The highest BCUT2D eigenvalue weighted by atomic mass is 32.2. The molecule has 0 saturated carbocycles. The molecule has 3 N–H and O–H groups in total. The fraction of sp³-hybridized carbons (Fsp3) is 0.263. The van der Waals surface area contributed by atoms with Gasteiger partial charge in [-0.2, -0.15) is 0 Å². The lowest BCUT2D eigenvalue weighted by atomic mass is 10.2. The Bertz CT molecular complexity index is 973. The van der Waals surface area contributed by atoms with Crippen molar-refractivity contribution in [3.05, 3.63) is 48.0 Å². The van der Waals surface area contributed by atoms with Crippen LogP contribution >= 0.6 is 0 Å². The number of sulfonamides is 1. The van der Waals surface area contributed by atoms with Crippen molar-refractivity contribution in [1.29, 1.82) is 0 Å². The van der Waals surface area contributed by atoms with E-state index >= 15 is 0 Å². The Balaban J connectivity index is 2.32. The summed E-state index contributed by atoms with van der Waals surface area (Å²) in [7, 11) is -3.81. The van der Waals surface area contributed by atoms with E-state index in [0.717, 1.165) is 0 Å². The number of amides is 2. The van der Waals surface area contributed by atoms with Crippen molar-refractivity contribution in [3.63, 3.8) is 0 Å². The van der Waals surface area contributed by atoms with Crippen LogP contribution in [-0.2, 0) is 14.8 Å². The van der Waals surface area contributed by atoms with Crippen LogP contribution in [0.25, 0.3) is 0 Å². The average molecular weight is 405 g/mol. The largest absolute Gasteiger partial charge is 0.492 e. The molecule has 0 atom stereocenters. The molecule has 0 heterocycles. The minimum atomic E-state index is -3.81. The maximum atomic E-state index is 12.6. The summed E-state index contributed by atoms with van der Waals surface area (Å²) in [4.78, 5) is 23.7. The number of anilines is 2. The quantitative estimate of drug-likeness (QED) is 0.625. The fourth-order valence-corrected chi connectivity index (χ4v) is 3.69. The Morgan fingerprint density at radius 3 is 2.29 bits per heavy atom. The van der Waals surface area contributed by atoms with Crippen LogP contribution in [0.3, 0.4) is 0 Å². The van der Waals surface area contributed by atoms with Crippen LogP contribution in [0.15, 0.2) is 47.4 Å². The molecule has 0 saturated heterocycles. The monoisotopic (exact) mass is 405 g/mol. The molecule has 2 amide bonds. The third kappa shape index (κ3) is 5.54. The predicted molar refractivity (Wildman–Crippen MR) is 107 cm³/mol. The Kier molecular flexibility index (Phi) is 7.13. The molecule has 150 valence electrons. The van der Waals surface area contributed by atoms with Crippen molar-refractivity contribution in [2.24, 2.45) is 0 Å². The van der Waals surface area contributed by atoms with Crippen molar-refractivity contribution >= 4 is 33.2 Å². The topological polar surface area (TPSA) is 114 Å². The number of hydrogen-bond acceptors (Lipinski definition) is 5. The van der Waals surface area contributed by atoms with E-state index in [2.05, 4.69) is 15.4 Å². The standard InChI is InChI=1S/C19H23N3O5S/c1-4-20-28(25,26)18-11-14(9-10-17(18)27-5-2)19(24)22-16-8-6-7-15(12-16)21-13(3)23/h6-12,20H,4-5H2,1-3H3,(H,21,23)(H,22,24). The SMILES string of the molecule is CCNS(=O)(=O)c1cc(C(=O)Nc2cccc(NC(C)=O)c2)ccc1OCC. The smallest absolute Gasteiger partial charge is 0.255 e. The maximum absolute atomic E-state index is 12.6. The van der Waals surface area contributed by atoms with Crippen LogP contribution in [0.1, 0.15) is 31.1 Å². The van der Waals surface area contributed by atoms with Gasteiger partial charge in [0, 0.05) is 30.4 Å². The van der Waals surface area contributed by atoms with Crippen molar-refractivity contribution in [3.8, 4) is 5.75 Å². The summed E-state index contributed by atoms with van der Waals surface area (Å²) in [5.74, 6) is -0.545. The second-order valence-corrected chi connectivity index (χ2v) is 7.55. The van der Waals surface area contributed by atoms with Crippen LogP contribution in [0, 0.1) is 0 Å². The second kappa shape index (κ2) is 9.34. The number of carbonyl (C=O) groups excluding carboxylic acids is 2. The number of carbonyl (C=O) groups is 2. The highest BCUT2D eigenvalue weighted by Crippen LogP contribution is 2.26. The highest BCUT2D eigenvalue weighted by Gasteiger charge is 2.21. The van der Waals surface area contributed by atoms with E-state index in [1.54, 1.807) is 38.1 Å². The molecule has 0 aliphatic heterocycles. The zero-order valence-corrected chi connectivity index (χ0v) is 16.7. The van der Waals surface area contributed by atoms with Crippen molar-refractivity contribution in [1.82, 2.24) is 4.72 Å². The molecule has 0 aromatic heterocycles. The van der Waals surface area contributed by atoms with Gasteiger partial charge in [0.1, 0.15) is 10.6 Å². The Labute approximate surface area is 164 Å². The van der Waals surface area contributed by atoms with E-state index in [0.29, 0.717) is 11.4 Å². The van der Waals surface area contributed by atoms with E-state index in [4.69, 9.17) is 4.74 Å². The molecule has 0 unspecified atom stereocenters. The number of ether oxygens (including phenoxy) is 1. The van der Waals surface area contributed by atoms with E-state index in [1.165, 1.54) is 25.1 Å². The summed E-state index contributed by atoms with van der Waals surface area (Å²) in [6.45, 7) is 5.29. The van der Waals surface area contributed by atoms with Crippen molar-refractivity contribution < 1.29 is 22.7 Å². The first-order valence-electron chi connectivity index (χ1n) is 8.72. The maximum Gasteiger partial charge on any atom is 0.255 e. The fourth-order valence-electron chi connectivity index (χ4n) is 2.48. The molecule has 9 heteroatoms. The van der Waals surface area contributed by atoms with Crippen LogP contribution < -0.4 is 20.1 Å².